The molecule has 0 amide bonds. The second kappa shape index (κ2) is 7.99. The Morgan fingerprint density at radius 3 is 2.03 bits per heavy atom. The molecule has 152 valence electrons. The van der Waals surface area contributed by atoms with Gasteiger partial charge in [0.05, 0.1) is 25.6 Å². The first-order valence-electron chi connectivity index (χ1n) is 9.39. The number of ether oxygens (including phenoxy) is 2. The largest absolute Gasteiger partial charge is 0.493 e. The summed E-state index contributed by atoms with van der Waals surface area (Å²) in [5.41, 5.74) is 6.26. The van der Waals surface area contributed by atoms with Crippen LogP contribution in [0, 0.1) is 20.8 Å². The van der Waals surface area contributed by atoms with E-state index in [1.54, 1.807) is 37.4 Å². The molecule has 0 saturated carbocycles. The van der Waals surface area contributed by atoms with Crippen molar-refractivity contribution in [3.8, 4) is 22.8 Å². The fourth-order valence-electron chi connectivity index (χ4n) is 3.59. The van der Waals surface area contributed by atoms with Crippen LogP contribution in [0.4, 0.5) is 5.69 Å². The van der Waals surface area contributed by atoms with Crippen molar-refractivity contribution in [2.24, 2.45) is 19.1 Å². The maximum Gasteiger partial charge on any atom is 0.329 e. The van der Waals surface area contributed by atoms with Gasteiger partial charge in [0.2, 0.25) is 0 Å². The van der Waals surface area contributed by atoms with Crippen LogP contribution in [0.25, 0.3) is 11.3 Å². The zero-order chi connectivity index (χ0) is 21.3. The van der Waals surface area contributed by atoms with E-state index in [2.05, 4.69) is 19.1 Å². The van der Waals surface area contributed by atoms with E-state index in [0.29, 0.717) is 17.0 Å². The van der Waals surface area contributed by atoms with Gasteiger partial charge >= 0.3 is 5.69 Å². The van der Waals surface area contributed by atoms with Gasteiger partial charge < -0.3 is 9.47 Å². The minimum absolute atomic E-state index is 0.154. The van der Waals surface area contributed by atoms with Gasteiger partial charge in [0.25, 0.3) is 0 Å². The molecule has 0 fully saturated rings. The van der Waals surface area contributed by atoms with E-state index in [0.717, 1.165) is 28.1 Å². The van der Waals surface area contributed by atoms with Gasteiger partial charge in [-0.2, -0.15) is 0 Å². The average molecular weight is 393 g/mol. The second-order valence-corrected chi connectivity index (χ2v) is 7.22. The Morgan fingerprint density at radius 2 is 1.45 bits per heavy atom. The Morgan fingerprint density at radius 1 is 0.828 bits per heavy atom. The number of nitrogens with zero attached hydrogens (tertiary/aromatic N) is 3. The number of hydrogen-bond acceptors (Lipinski definition) is 4. The molecule has 0 atom stereocenters. The zero-order valence-corrected chi connectivity index (χ0v) is 18.0. The number of rotatable bonds is 4. The standard InChI is InChI=1S/C23H27N3O3/c1-14-10-15(2)22(16(3)11-14)24-21-13-18(25(4)23(27)26(21)5)17-8-9-19(28-6)20(12-17)29-7/h8-13H,1-7H3. The van der Waals surface area contributed by atoms with Crippen molar-refractivity contribution < 1.29 is 9.47 Å². The number of methoxy groups -OCH3 is 2. The Kier molecular flexibility index (Phi) is 5.64. The summed E-state index contributed by atoms with van der Waals surface area (Å²) >= 11 is 0. The summed E-state index contributed by atoms with van der Waals surface area (Å²) in [4.78, 5) is 17.7. The highest BCUT2D eigenvalue weighted by Crippen LogP contribution is 2.31. The fraction of sp³-hybridized carbons (Fsp3) is 0.304. The molecule has 1 aromatic heterocycles. The molecular formula is C23H27N3O3. The lowest BCUT2D eigenvalue weighted by Crippen LogP contribution is -2.37. The summed E-state index contributed by atoms with van der Waals surface area (Å²) in [7, 11) is 6.67. The number of hydrogen-bond donors (Lipinski definition) is 0. The van der Waals surface area contributed by atoms with E-state index in [-0.39, 0.29) is 5.69 Å². The van der Waals surface area contributed by atoms with Crippen molar-refractivity contribution in [3.05, 3.63) is 69.1 Å². The summed E-state index contributed by atoms with van der Waals surface area (Å²) in [6, 6.07) is 11.7. The van der Waals surface area contributed by atoms with Crippen LogP contribution >= 0.6 is 0 Å². The molecule has 2 aromatic carbocycles. The molecule has 0 spiro atoms. The van der Waals surface area contributed by atoms with Gasteiger partial charge in [-0.25, -0.2) is 9.79 Å². The normalized spacial score (nSPS) is 11.6. The zero-order valence-electron chi connectivity index (χ0n) is 18.0. The molecule has 1 heterocycles. The van der Waals surface area contributed by atoms with Crippen LogP contribution < -0.4 is 20.7 Å². The number of benzene rings is 2. The van der Waals surface area contributed by atoms with Crippen molar-refractivity contribution in [1.82, 2.24) is 9.13 Å². The van der Waals surface area contributed by atoms with Crippen LogP contribution in [-0.4, -0.2) is 23.4 Å². The van der Waals surface area contributed by atoms with Crippen LogP contribution in [0.3, 0.4) is 0 Å². The van der Waals surface area contributed by atoms with E-state index >= 15 is 0 Å². The first-order valence-corrected chi connectivity index (χ1v) is 9.39. The maximum atomic E-state index is 12.9. The van der Waals surface area contributed by atoms with Crippen molar-refractivity contribution in [2.75, 3.05) is 14.2 Å². The van der Waals surface area contributed by atoms with Gasteiger partial charge in [-0.05, 0) is 50.1 Å². The van der Waals surface area contributed by atoms with E-state index in [1.807, 2.05) is 38.1 Å². The molecular weight excluding hydrogens is 366 g/mol. The molecule has 0 bridgehead atoms. The predicted octanol–water partition coefficient (Wildman–Crippen LogP) is 3.57. The van der Waals surface area contributed by atoms with Crippen LogP contribution in [0.5, 0.6) is 11.5 Å². The summed E-state index contributed by atoms with van der Waals surface area (Å²) < 4.78 is 13.9. The third kappa shape index (κ3) is 3.83. The van der Waals surface area contributed by atoms with Gasteiger partial charge in [-0.1, -0.05) is 17.7 Å². The first kappa shape index (κ1) is 20.5. The third-order valence-electron chi connectivity index (χ3n) is 5.09. The Bertz CT molecular complexity index is 1180. The lowest BCUT2D eigenvalue weighted by molar-refractivity contribution is 0.355. The maximum absolute atomic E-state index is 12.9. The monoisotopic (exact) mass is 393 g/mol. The van der Waals surface area contributed by atoms with E-state index < -0.39 is 0 Å². The lowest BCUT2D eigenvalue weighted by Gasteiger charge is -2.14. The average Bonchev–Trinajstić information content (AvgIpc) is 2.69. The molecule has 0 unspecified atom stereocenters. The molecule has 6 heteroatoms. The van der Waals surface area contributed by atoms with Gasteiger partial charge in [-0.15, -0.1) is 0 Å². The summed E-state index contributed by atoms with van der Waals surface area (Å²) in [5, 5.41) is 0. The van der Waals surface area contributed by atoms with Gasteiger partial charge in [-0.3, -0.25) is 9.13 Å². The number of aromatic nitrogens is 2. The van der Waals surface area contributed by atoms with Gasteiger partial charge in [0.1, 0.15) is 5.49 Å². The van der Waals surface area contributed by atoms with Crippen molar-refractivity contribution in [3.63, 3.8) is 0 Å². The molecule has 29 heavy (non-hydrogen) atoms. The Hall–Kier alpha value is -3.28. The fourth-order valence-corrected chi connectivity index (χ4v) is 3.59. The summed E-state index contributed by atoms with van der Waals surface area (Å²) in [6.07, 6.45) is 0. The van der Waals surface area contributed by atoms with Crippen LogP contribution in [0.2, 0.25) is 0 Å². The minimum Gasteiger partial charge on any atom is -0.493 e. The molecule has 0 aliphatic carbocycles. The SMILES string of the molecule is COc1ccc(-c2cc(=Nc3c(C)cc(C)cc3C)n(C)c(=O)n2C)cc1OC. The van der Waals surface area contributed by atoms with Crippen molar-refractivity contribution in [2.45, 2.75) is 20.8 Å². The molecule has 0 aliphatic rings. The highest BCUT2D eigenvalue weighted by Gasteiger charge is 2.12. The topological polar surface area (TPSA) is 57.8 Å². The van der Waals surface area contributed by atoms with Gasteiger partial charge in [0.15, 0.2) is 11.5 Å². The van der Waals surface area contributed by atoms with E-state index in [1.165, 1.54) is 5.56 Å². The molecule has 0 radical (unpaired) electrons. The molecule has 3 rings (SSSR count). The first-order chi connectivity index (χ1) is 13.8. The van der Waals surface area contributed by atoms with Crippen molar-refractivity contribution in [1.29, 1.82) is 0 Å². The smallest absolute Gasteiger partial charge is 0.329 e. The molecule has 0 saturated heterocycles. The lowest BCUT2D eigenvalue weighted by atomic mass is 10.1. The van der Waals surface area contributed by atoms with Crippen molar-refractivity contribution >= 4 is 5.69 Å². The van der Waals surface area contributed by atoms with Crippen LogP contribution in [0.1, 0.15) is 16.7 Å². The Balaban J connectivity index is 2.28. The van der Waals surface area contributed by atoms with Crippen LogP contribution in [0.15, 0.2) is 46.2 Å². The summed E-state index contributed by atoms with van der Waals surface area (Å²) in [5.74, 6) is 1.24. The van der Waals surface area contributed by atoms with Gasteiger partial charge in [0, 0.05) is 25.7 Å². The van der Waals surface area contributed by atoms with E-state index in [9.17, 15) is 4.79 Å². The highest BCUT2D eigenvalue weighted by molar-refractivity contribution is 5.64. The van der Waals surface area contributed by atoms with E-state index in [4.69, 9.17) is 14.5 Å². The minimum atomic E-state index is -0.154. The quantitative estimate of drug-likeness (QED) is 0.681. The summed E-state index contributed by atoms with van der Waals surface area (Å²) in [6.45, 7) is 6.14. The Labute approximate surface area is 170 Å². The van der Waals surface area contributed by atoms with Crippen LogP contribution in [-0.2, 0) is 14.1 Å². The molecule has 6 nitrogen and oxygen atoms in total. The second-order valence-electron chi connectivity index (χ2n) is 7.22. The third-order valence-corrected chi connectivity index (χ3v) is 5.09. The molecule has 3 aromatic rings. The molecule has 0 aliphatic heterocycles. The molecule has 0 N–H and O–H groups in total. The number of aryl methyl sites for hydroxylation is 3. The predicted molar refractivity (Wildman–Crippen MR) is 115 cm³/mol. The highest BCUT2D eigenvalue weighted by atomic mass is 16.5.